The van der Waals surface area contributed by atoms with E-state index in [1.54, 1.807) is 0 Å². The number of halogens is 1. The van der Waals surface area contributed by atoms with E-state index in [0.717, 1.165) is 57.7 Å². The van der Waals surface area contributed by atoms with E-state index >= 15 is 0 Å². The minimum absolute atomic E-state index is 0. The number of carbonyl (C=O) groups excluding carboxylic acids is 1. The van der Waals surface area contributed by atoms with Crippen molar-refractivity contribution in [2.45, 2.75) is 70.8 Å². The van der Waals surface area contributed by atoms with Crippen LogP contribution in [-0.2, 0) is 4.79 Å². The lowest BCUT2D eigenvalue weighted by atomic mass is 9.99. The first-order valence-electron chi connectivity index (χ1n) is 8.31. The van der Waals surface area contributed by atoms with Gasteiger partial charge in [-0.1, -0.05) is 32.6 Å². The molecule has 1 N–H and O–H groups in total. The molecule has 0 bridgehead atoms. The second-order valence-corrected chi connectivity index (χ2v) is 6.26. The predicted octanol–water partition coefficient (Wildman–Crippen LogP) is 3.37. The third-order valence-corrected chi connectivity index (χ3v) is 4.78. The Labute approximate surface area is 130 Å². The molecule has 0 aromatic carbocycles. The number of nitrogens with zero attached hydrogens (tertiary/aromatic N) is 1. The van der Waals surface area contributed by atoms with E-state index in [-0.39, 0.29) is 12.4 Å². The second-order valence-electron chi connectivity index (χ2n) is 6.26. The van der Waals surface area contributed by atoms with Gasteiger partial charge in [0.25, 0.3) is 0 Å². The molecular weight excluding hydrogens is 272 g/mol. The number of hydrogen-bond acceptors (Lipinski definition) is 2. The molecule has 0 atom stereocenters. The highest BCUT2D eigenvalue weighted by atomic mass is 35.5. The first-order chi connectivity index (χ1) is 9.31. The Morgan fingerprint density at radius 3 is 2.40 bits per heavy atom. The van der Waals surface area contributed by atoms with Crippen molar-refractivity contribution < 1.29 is 4.79 Å². The maximum atomic E-state index is 12.5. The standard InChI is InChI=1S/C16H30N2O.ClH/c1-2-13-18(15-9-11-17-12-10-15)16(19)8-7-14-5-3-4-6-14;/h14-15,17H,2-13H2,1H3;1H. The quantitative estimate of drug-likeness (QED) is 0.816. The van der Waals surface area contributed by atoms with Crippen LogP contribution in [0.1, 0.15) is 64.7 Å². The molecule has 2 aliphatic rings. The molecule has 1 heterocycles. The summed E-state index contributed by atoms with van der Waals surface area (Å²) in [6.45, 7) is 5.27. The van der Waals surface area contributed by atoms with Gasteiger partial charge in [0.15, 0.2) is 0 Å². The van der Waals surface area contributed by atoms with Crippen molar-refractivity contribution in [3.63, 3.8) is 0 Å². The zero-order valence-electron chi connectivity index (χ0n) is 12.9. The lowest BCUT2D eigenvalue weighted by Crippen LogP contribution is -2.46. The third kappa shape index (κ3) is 5.25. The summed E-state index contributed by atoms with van der Waals surface area (Å²) < 4.78 is 0. The van der Waals surface area contributed by atoms with Gasteiger partial charge in [-0.2, -0.15) is 0 Å². The summed E-state index contributed by atoms with van der Waals surface area (Å²) in [4.78, 5) is 14.7. The molecule has 1 aliphatic heterocycles. The van der Waals surface area contributed by atoms with Crippen LogP contribution in [0.5, 0.6) is 0 Å². The highest BCUT2D eigenvalue weighted by Crippen LogP contribution is 2.29. The van der Waals surface area contributed by atoms with Crippen LogP contribution in [0, 0.1) is 5.92 Å². The molecule has 4 heteroatoms. The fourth-order valence-electron chi connectivity index (χ4n) is 3.64. The summed E-state index contributed by atoms with van der Waals surface area (Å²) in [6, 6.07) is 0.497. The van der Waals surface area contributed by atoms with Crippen LogP contribution in [0.3, 0.4) is 0 Å². The van der Waals surface area contributed by atoms with Crippen LogP contribution < -0.4 is 5.32 Å². The van der Waals surface area contributed by atoms with Gasteiger partial charge in [0, 0.05) is 19.0 Å². The van der Waals surface area contributed by atoms with Gasteiger partial charge in [0.05, 0.1) is 0 Å². The molecule has 118 valence electrons. The fraction of sp³-hybridized carbons (Fsp3) is 0.938. The molecular formula is C16H31ClN2O. The van der Waals surface area contributed by atoms with Gasteiger partial charge >= 0.3 is 0 Å². The van der Waals surface area contributed by atoms with Crippen LogP contribution in [-0.4, -0.2) is 36.5 Å². The van der Waals surface area contributed by atoms with E-state index in [1.807, 2.05) is 0 Å². The first kappa shape index (κ1) is 17.8. The predicted molar refractivity (Wildman–Crippen MR) is 86.3 cm³/mol. The summed E-state index contributed by atoms with van der Waals surface area (Å²) in [7, 11) is 0. The molecule has 1 saturated carbocycles. The second kappa shape index (κ2) is 9.62. The summed E-state index contributed by atoms with van der Waals surface area (Å²) in [5.41, 5.74) is 0. The largest absolute Gasteiger partial charge is 0.340 e. The lowest BCUT2D eigenvalue weighted by Gasteiger charge is -2.35. The van der Waals surface area contributed by atoms with Crippen molar-refractivity contribution in [2.75, 3.05) is 19.6 Å². The van der Waals surface area contributed by atoms with E-state index in [4.69, 9.17) is 0 Å². The maximum Gasteiger partial charge on any atom is 0.222 e. The smallest absolute Gasteiger partial charge is 0.222 e. The summed E-state index contributed by atoms with van der Waals surface area (Å²) in [6.07, 6.45) is 10.7. The van der Waals surface area contributed by atoms with Crippen molar-refractivity contribution in [1.82, 2.24) is 10.2 Å². The molecule has 1 saturated heterocycles. The van der Waals surface area contributed by atoms with Crippen molar-refractivity contribution in [3.05, 3.63) is 0 Å². The van der Waals surface area contributed by atoms with Gasteiger partial charge in [-0.05, 0) is 44.7 Å². The summed E-state index contributed by atoms with van der Waals surface area (Å²) in [5.74, 6) is 1.25. The normalized spacial score (nSPS) is 20.6. The maximum absolute atomic E-state index is 12.5. The van der Waals surface area contributed by atoms with Crippen LogP contribution in [0.15, 0.2) is 0 Å². The highest BCUT2D eigenvalue weighted by molar-refractivity contribution is 5.85. The van der Waals surface area contributed by atoms with Crippen LogP contribution in [0.25, 0.3) is 0 Å². The van der Waals surface area contributed by atoms with E-state index in [0.29, 0.717) is 11.9 Å². The zero-order valence-corrected chi connectivity index (χ0v) is 13.7. The minimum atomic E-state index is 0. The van der Waals surface area contributed by atoms with Crippen molar-refractivity contribution in [3.8, 4) is 0 Å². The van der Waals surface area contributed by atoms with E-state index in [1.165, 1.54) is 25.7 Å². The average molecular weight is 303 g/mol. The summed E-state index contributed by atoms with van der Waals surface area (Å²) >= 11 is 0. The summed E-state index contributed by atoms with van der Waals surface area (Å²) in [5, 5.41) is 3.39. The molecule has 20 heavy (non-hydrogen) atoms. The monoisotopic (exact) mass is 302 g/mol. The molecule has 1 amide bonds. The number of nitrogens with one attached hydrogen (secondary N) is 1. The van der Waals surface area contributed by atoms with Crippen LogP contribution >= 0.6 is 12.4 Å². The van der Waals surface area contributed by atoms with Crippen molar-refractivity contribution in [1.29, 1.82) is 0 Å². The Hall–Kier alpha value is -0.280. The Balaban J connectivity index is 0.00000200. The zero-order chi connectivity index (χ0) is 13.5. The Morgan fingerprint density at radius 2 is 1.80 bits per heavy atom. The molecule has 3 nitrogen and oxygen atoms in total. The minimum Gasteiger partial charge on any atom is -0.340 e. The molecule has 1 aliphatic carbocycles. The van der Waals surface area contributed by atoms with Gasteiger partial charge < -0.3 is 10.2 Å². The van der Waals surface area contributed by atoms with E-state index < -0.39 is 0 Å². The Morgan fingerprint density at radius 1 is 1.15 bits per heavy atom. The van der Waals surface area contributed by atoms with Gasteiger partial charge in [0.2, 0.25) is 5.91 Å². The number of rotatable bonds is 6. The third-order valence-electron chi connectivity index (χ3n) is 4.78. The number of carbonyl (C=O) groups is 1. The Bertz CT molecular complexity index is 274. The first-order valence-corrected chi connectivity index (χ1v) is 8.31. The van der Waals surface area contributed by atoms with Crippen LogP contribution in [0.2, 0.25) is 0 Å². The van der Waals surface area contributed by atoms with Gasteiger partial charge in [-0.25, -0.2) is 0 Å². The van der Waals surface area contributed by atoms with Gasteiger partial charge in [0.1, 0.15) is 0 Å². The van der Waals surface area contributed by atoms with Crippen LogP contribution in [0.4, 0.5) is 0 Å². The van der Waals surface area contributed by atoms with E-state index in [9.17, 15) is 4.79 Å². The highest BCUT2D eigenvalue weighted by Gasteiger charge is 2.25. The molecule has 0 aromatic rings. The van der Waals surface area contributed by atoms with Crippen molar-refractivity contribution >= 4 is 18.3 Å². The molecule has 2 rings (SSSR count). The SMILES string of the molecule is CCCN(C(=O)CCC1CCCC1)C1CCNCC1.Cl. The topological polar surface area (TPSA) is 32.3 Å². The molecule has 0 unspecified atom stereocenters. The average Bonchev–Trinajstić information content (AvgIpc) is 2.96. The lowest BCUT2D eigenvalue weighted by molar-refractivity contribution is -0.134. The fourth-order valence-corrected chi connectivity index (χ4v) is 3.64. The van der Waals surface area contributed by atoms with Crippen molar-refractivity contribution in [2.24, 2.45) is 5.92 Å². The number of piperidine rings is 1. The number of hydrogen-bond donors (Lipinski definition) is 1. The molecule has 0 radical (unpaired) electrons. The van der Waals surface area contributed by atoms with Gasteiger partial charge in [-0.15, -0.1) is 12.4 Å². The molecule has 2 fully saturated rings. The van der Waals surface area contributed by atoms with E-state index in [2.05, 4.69) is 17.1 Å². The van der Waals surface area contributed by atoms with Gasteiger partial charge in [-0.3, -0.25) is 4.79 Å². The number of amides is 1. The molecule has 0 spiro atoms. The molecule has 0 aromatic heterocycles. The Kier molecular flexibility index (Phi) is 8.55.